The molecule has 0 N–H and O–H groups in total. The first kappa shape index (κ1) is 16.0. The molecule has 0 aromatic carbocycles. The second-order valence-electron chi connectivity index (χ2n) is 5.98. The summed E-state index contributed by atoms with van der Waals surface area (Å²) in [7, 11) is 3.65. The molecule has 1 amide bonds. The fourth-order valence-corrected chi connectivity index (χ4v) is 2.89. The quantitative estimate of drug-likeness (QED) is 0.741. The summed E-state index contributed by atoms with van der Waals surface area (Å²) in [5, 5.41) is 4.30. The van der Waals surface area contributed by atoms with Crippen LogP contribution in [0.15, 0.2) is 42.9 Å². The summed E-state index contributed by atoms with van der Waals surface area (Å²) in [6.45, 7) is 4.55. The molecular weight excluding hydrogens is 302 g/mol. The second kappa shape index (κ2) is 6.31. The van der Waals surface area contributed by atoms with E-state index >= 15 is 0 Å². The first-order chi connectivity index (χ1) is 11.5. The van der Waals surface area contributed by atoms with E-state index in [1.807, 2.05) is 45.2 Å². The Morgan fingerprint density at radius 1 is 1.17 bits per heavy atom. The van der Waals surface area contributed by atoms with E-state index in [4.69, 9.17) is 0 Å². The number of hydrogen-bond acceptors (Lipinski definition) is 3. The number of carbonyl (C=O) groups excluding carboxylic acids is 1. The molecule has 0 saturated heterocycles. The van der Waals surface area contributed by atoms with Gasteiger partial charge in [0.05, 0.1) is 6.20 Å². The van der Waals surface area contributed by atoms with Crippen LogP contribution in [-0.2, 0) is 13.6 Å². The summed E-state index contributed by atoms with van der Waals surface area (Å²) in [6.07, 6.45) is 5.13. The molecule has 0 radical (unpaired) electrons. The summed E-state index contributed by atoms with van der Waals surface area (Å²) in [5.41, 5.74) is 3.72. The van der Waals surface area contributed by atoms with E-state index in [0.29, 0.717) is 12.1 Å². The van der Waals surface area contributed by atoms with Crippen LogP contribution in [0.25, 0.3) is 5.82 Å². The Morgan fingerprint density at radius 2 is 1.88 bits per heavy atom. The molecule has 6 heteroatoms. The third-order valence-electron chi connectivity index (χ3n) is 4.11. The largest absolute Gasteiger partial charge is 0.337 e. The van der Waals surface area contributed by atoms with Gasteiger partial charge in [-0.1, -0.05) is 6.07 Å². The number of pyridine rings is 1. The van der Waals surface area contributed by atoms with Crippen molar-refractivity contribution < 1.29 is 4.79 Å². The highest BCUT2D eigenvalue weighted by Gasteiger charge is 2.22. The van der Waals surface area contributed by atoms with Gasteiger partial charge in [0.2, 0.25) is 0 Å². The maximum absolute atomic E-state index is 12.9. The summed E-state index contributed by atoms with van der Waals surface area (Å²) in [4.78, 5) is 18.7. The molecule has 0 saturated carbocycles. The highest BCUT2D eigenvalue weighted by atomic mass is 16.2. The Bertz CT molecular complexity index is 843. The van der Waals surface area contributed by atoms with Gasteiger partial charge in [0.15, 0.2) is 0 Å². The lowest BCUT2D eigenvalue weighted by atomic mass is 10.2. The molecule has 0 spiro atoms. The number of amides is 1. The molecule has 3 heterocycles. The van der Waals surface area contributed by atoms with Crippen LogP contribution < -0.4 is 0 Å². The summed E-state index contributed by atoms with van der Waals surface area (Å²) < 4.78 is 3.79. The average molecular weight is 323 g/mol. The van der Waals surface area contributed by atoms with E-state index in [-0.39, 0.29) is 5.91 Å². The van der Waals surface area contributed by atoms with Gasteiger partial charge in [0.1, 0.15) is 11.4 Å². The summed E-state index contributed by atoms with van der Waals surface area (Å²) >= 11 is 0. The molecule has 0 atom stereocenters. The maximum Gasteiger partial charge on any atom is 0.259 e. The first-order valence-electron chi connectivity index (χ1n) is 7.80. The minimum Gasteiger partial charge on any atom is -0.337 e. The topological polar surface area (TPSA) is 56.0 Å². The van der Waals surface area contributed by atoms with Crippen molar-refractivity contribution in [2.75, 3.05) is 7.05 Å². The smallest absolute Gasteiger partial charge is 0.259 e. The van der Waals surface area contributed by atoms with Crippen molar-refractivity contribution >= 4 is 5.91 Å². The van der Waals surface area contributed by atoms with E-state index in [0.717, 1.165) is 22.8 Å². The number of nitrogens with zero attached hydrogens (tertiary/aromatic N) is 5. The van der Waals surface area contributed by atoms with Gasteiger partial charge in [-0.25, -0.2) is 0 Å². The minimum atomic E-state index is -0.0607. The van der Waals surface area contributed by atoms with Crippen molar-refractivity contribution in [3.8, 4) is 5.82 Å². The molecule has 6 nitrogen and oxygen atoms in total. The standard InChI is InChI=1S/C18H21N5O/c1-13-7-8-14(2)23(13)17-16(11-20-22(17)4)18(24)21(3)12-15-6-5-9-19-10-15/h5-11H,12H2,1-4H3. The van der Waals surface area contributed by atoms with E-state index in [1.165, 1.54) is 0 Å². The van der Waals surface area contributed by atoms with Crippen LogP contribution in [0.3, 0.4) is 0 Å². The van der Waals surface area contributed by atoms with Gasteiger partial charge >= 0.3 is 0 Å². The van der Waals surface area contributed by atoms with E-state index in [9.17, 15) is 4.79 Å². The molecule has 3 aromatic rings. The lowest BCUT2D eigenvalue weighted by molar-refractivity contribution is 0.0785. The zero-order chi connectivity index (χ0) is 17.3. The third-order valence-corrected chi connectivity index (χ3v) is 4.11. The van der Waals surface area contributed by atoms with Gasteiger partial charge in [-0.15, -0.1) is 0 Å². The number of hydrogen-bond donors (Lipinski definition) is 0. The van der Waals surface area contributed by atoms with Gasteiger partial charge in [0.25, 0.3) is 5.91 Å². The Labute approximate surface area is 141 Å². The van der Waals surface area contributed by atoms with E-state index in [2.05, 4.69) is 14.6 Å². The monoisotopic (exact) mass is 323 g/mol. The van der Waals surface area contributed by atoms with Crippen LogP contribution in [0.5, 0.6) is 0 Å². The molecule has 0 aliphatic heterocycles. The maximum atomic E-state index is 12.9. The van der Waals surface area contributed by atoms with Crippen LogP contribution in [0, 0.1) is 13.8 Å². The van der Waals surface area contributed by atoms with Crippen molar-refractivity contribution in [3.05, 3.63) is 65.4 Å². The van der Waals surface area contributed by atoms with Gasteiger partial charge < -0.3 is 9.47 Å². The summed E-state index contributed by atoms with van der Waals surface area (Å²) in [6, 6.07) is 7.91. The van der Waals surface area contributed by atoms with Crippen molar-refractivity contribution in [3.63, 3.8) is 0 Å². The van der Waals surface area contributed by atoms with Crippen LogP contribution in [-0.4, -0.2) is 37.2 Å². The van der Waals surface area contributed by atoms with Crippen molar-refractivity contribution in [2.45, 2.75) is 20.4 Å². The van der Waals surface area contributed by atoms with Crippen LogP contribution in [0.4, 0.5) is 0 Å². The fraction of sp³-hybridized carbons (Fsp3) is 0.278. The van der Waals surface area contributed by atoms with E-state index in [1.54, 1.807) is 35.2 Å². The zero-order valence-electron chi connectivity index (χ0n) is 14.4. The Hall–Kier alpha value is -2.89. The number of carbonyl (C=O) groups is 1. The summed E-state index contributed by atoms with van der Waals surface area (Å²) in [5.74, 6) is 0.729. The van der Waals surface area contributed by atoms with Gasteiger partial charge in [-0.05, 0) is 37.6 Å². The average Bonchev–Trinajstić information content (AvgIpc) is 3.10. The molecule has 3 aromatic heterocycles. The molecule has 24 heavy (non-hydrogen) atoms. The van der Waals surface area contributed by atoms with Crippen LogP contribution in [0.2, 0.25) is 0 Å². The predicted octanol–water partition coefficient (Wildman–Crippen LogP) is 2.49. The first-order valence-corrected chi connectivity index (χ1v) is 7.80. The zero-order valence-corrected chi connectivity index (χ0v) is 14.4. The van der Waals surface area contributed by atoms with Crippen LogP contribution >= 0.6 is 0 Å². The normalized spacial score (nSPS) is 10.8. The lowest BCUT2D eigenvalue weighted by Crippen LogP contribution is -2.27. The minimum absolute atomic E-state index is 0.0607. The number of aryl methyl sites for hydroxylation is 3. The van der Waals surface area contributed by atoms with Crippen molar-refractivity contribution in [2.24, 2.45) is 7.05 Å². The Balaban J connectivity index is 1.94. The fourth-order valence-electron chi connectivity index (χ4n) is 2.89. The predicted molar refractivity (Wildman–Crippen MR) is 92.0 cm³/mol. The highest BCUT2D eigenvalue weighted by molar-refractivity contribution is 5.97. The lowest BCUT2D eigenvalue weighted by Gasteiger charge is -2.18. The molecule has 3 rings (SSSR count). The van der Waals surface area contributed by atoms with Gasteiger partial charge in [0, 0.05) is 44.4 Å². The van der Waals surface area contributed by atoms with Crippen LogP contribution in [0.1, 0.15) is 27.3 Å². The Kier molecular flexibility index (Phi) is 4.20. The molecule has 0 fully saturated rings. The molecule has 0 bridgehead atoms. The molecule has 0 aliphatic rings. The third kappa shape index (κ3) is 2.82. The molecule has 0 unspecified atom stereocenters. The molecular formula is C18H21N5O. The SMILES string of the molecule is Cc1ccc(C)n1-c1c(C(=O)N(C)Cc2cccnc2)cnn1C. The molecule has 0 aliphatic carbocycles. The number of aromatic nitrogens is 4. The molecule has 124 valence electrons. The van der Waals surface area contributed by atoms with Crippen molar-refractivity contribution in [1.29, 1.82) is 0 Å². The second-order valence-corrected chi connectivity index (χ2v) is 5.98. The Morgan fingerprint density at radius 3 is 2.50 bits per heavy atom. The highest BCUT2D eigenvalue weighted by Crippen LogP contribution is 2.21. The van der Waals surface area contributed by atoms with E-state index < -0.39 is 0 Å². The van der Waals surface area contributed by atoms with Crippen molar-refractivity contribution in [1.82, 2.24) is 24.2 Å². The number of rotatable bonds is 4. The van der Waals surface area contributed by atoms with Gasteiger partial charge in [-0.3, -0.25) is 14.5 Å². The van der Waals surface area contributed by atoms with Gasteiger partial charge in [-0.2, -0.15) is 5.10 Å².